The molecule has 2 amide bonds. The number of nitrogens with zero attached hydrogens (tertiary/aromatic N) is 5. The van der Waals surface area contributed by atoms with Crippen molar-refractivity contribution in [3.63, 3.8) is 0 Å². The summed E-state index contributed by atoms with van der Waals surface area (Å²) in [4.78, 5) is 29.4. The molecule has 0 aliphatic carbocycles. The summed E-state index contributed by atoms with van der Waals surface area (Å²) in [7, 11) is 1.60. The SMILES string of the molecule is CC(=O)N(C)c1cnn(C(=O)N2CC3CN(Cc4cc(Cl)ccc4C(F)(F)F)CC3C2)c1. The van der Waals surface area contributed by atoms with Crippen LogP contribution < -0.4 is 4.90 Å². The predicted molar refractivity (Wildman–Crippen MR) is 112 cm³/mol. The van der Waals surface area contributed by atoms with Crippen molar-refractivity contribution in [2.24, 2.45) is 11.8 Å². The Bertz CT molecular complexity index is 1030. The second-order valence-electron chi connectivity index (χ2n) is 8.42. The lowest BCUT2D eigenvalue weighted by atomic mass is 10.0. The molecular formula is C21H23ClF3N5O2. The smallest absolute Gasteiger partial charge is 0.322 e. The molecule has 0 bridgehead atoms. The maximum atomic E-state index is 13.3. The van der Waals surface area contributed by atoms with Gasteiger partial charge in [-0.1, -0.05) is 11.6 Å². The molecule has 32 heavy (non-hydrogen) atoms. The van der Waals surface area contributed by atoms with Gasteiger partial charge >= 0.3 is 12.2 Å². The third-order valence-electron chi connectivity index (χ3n) is 6.22. The van der Waals surface area contributed by atoms with E-state index < -0.39 is 11.7 Å². The van der Waals surface area contributed by atoms with Gasteiger partial charge in [-0.2, -0.15) is 23.0 Å². The zero-order valence-corrected chi connectivity index (χ0v) is 18.4. The van der Waals surface area contributed by atoms with E-state index >= 15 is 0 Å². The molecule has 2 saturated heterocycles. The van der Waals surface area contributed by atoms with Gasteiger partial charge in [0.25, 0.3) is 0 Å². The summed E-state index contributed by atoms with van der Waals surface area (Å²) in [6.45, 7) is 3.83. The van der Waals surface area contributed by atoms with Crippen LogP contribution in [0.1, 0.15) is 18.1 Å². The number of benzene rings is 1. The van der Waals surface area contributed by atoms with Gasteiger partial charge in [-0.3, -0.25) is 9.69 Å². The zero-order valence-electron chi connectivity index (χ0n) is 17.6. The molecule has 0 spiro atoms. The molecule has 2 aliphatic rings. The molecule has 1 aromatic heterocycles. The predicted octanol–water partition coefficient (Wildman–Crippen LogP) is 3.57. The summed E-state index contributed by atoms with van der Waals surface area (Å²) in [5, 5.41) is 4.35. The Morgan fingerprint density at radius 1 is 1.19 bits per heavy atom. The normalized spacial score (nSPS) is 21.1. The fourth-order valence-electron chi connectivity index (χ4n) is 4.50. The van der Waals surface area contributed by atoms with E-state index in [2.05, 4.69) is 5.10 Å². The van der Waals surface area contributed by atoms with Gasteiger partial charge in [0, 0.05) is 51.7 Å². The van der Waals surface area contributed by atoms with E-state index in [1.807, 2.05) is 4.90 Å². The van der Waals surface area contributed by atoms with Crippen LogP contribution in [-0.2, 0) is 17.5 Å². The number of likely N-dealkylation sites (tertiary alicyclic amines) is 2. The largest absolute Gasteiger partial charge is 0.416 e. The topological polar surface area (TPSA) is 61.7 Å². The number of amides is 2. The van der Waals surface area contributed by atoms with Crippen LogP contribution in [0.15, 0.2) is 30.6 Å². The molecule has 2 aliphatic heterocycles. The molecule has 11 heteroatoms. The lowest BCUT2D eigenvalue weighted by Gasteiger charge is -2.23. The number of hydrogen-bond donors (Lipinski definition) is 0. The van der Waals surface area contributed by atoms with Crippen molar-refractivity contribution in [2.75, 3.05) is 38.1 Å². The van der Waals surface area contributed by atoms with Crippen LogP contribution in [0.5, 0.6) is 0 Å². The number of fused-ring (bicyclic) bond motifs is 1. The number of hydrogen-bond acceptors (Lipinski definition) is 4. The van der Waals surface area contributed by atoms with Crippen molar-refractivity contribution >= 4 is 29.2 Å². The summed E-state index contributed by atoms with van der Waals surface area (Å²) in [5.41, 5.74) is 0.0238. The van der Waals surface area contributed by atoms with Crippen LogP contribution >= 0.6 is 11.6 Å². The lowest BCUT2D eigenvalue weighted by molar-refractivity contribution is -0.138. The van der Waals surface area contributed by atoms with Crippen LogP contribution in [-0.4, -0.2) is 64.7 Å². The average molecular weight is 470 g/mol. The highest BCUT2D eigenvalue weighted by Gasteiger charge is 2.42. The molecule has 2 aromatic rings. The third-order valence-corrected chi connectivity index (χ3v) is 6.46. The minimum absolute atomic E-state index is 0.163. The Balaban J connectivity index is 1.39. The number of halogens is 4. The molecule has 3 heterocycles. The molecule has 0 saturated carbocycles. The van der Waals surface area contributed by atoms with E-state index in [4.69, 9.17) is 11.6 Å². The van der Waals surface area contributed by atoms with Gasteiger partial charge in [-0.25, -0.2) is 4.79 Å². The van der Waals surface area contributed by atoms with Gasteiger partial charge in [-0.15, -0.1) is 0 Å². The number of anilines is 1. The summed E-state index contributed by atoms with van der Waals surface area (Å²) >= 11 is 5.94. The molecule has 2 fully saturated rings. The Hall–Kier alpha value is -2.59. The van der Waals surface area contributed by atoms with Gasteiger partial charge in [0.05, 0.1) is 23.6 Å². The molecule has 0 radical (unpaired) electrons. The van der Waals surface area contributed by atoms with Crippen LogP contribution in [0.4, 0.5) is 23.7 Å². The number of carbonyl (C=O) groups excluding carboxylic acids is 2. The van der Waals surface area contributed by atoms with E-state index in [1.165, 1.54) is 41.0 Å². The quantitative estimate of drug-likeness (QED) is 0.689. The Kier molecular flexibility index (Phi) is 5.93. The molecule has 0 N–H and O–H groups in total. The minimum atomic E-state index is -4.43. The van der Waals surface area contributed by atoms with Crippen molar-refractivity contribution in [1.29, 1.82) is 0 Å². The lowest BCUT2D eigenvalue weighted by Crippen LogP contribution is -2.36. The summed E-state index contributed by atoms with van der Waals surface area (Å²) in [6.07, 6.45) is -1.46. The summed E-state index contributed by atoms with van der Waals surface area (Å²) in [5.74, 6) is 0.200. The highest BCUT2D eigenvalue weighted by Crippen LogP contribution is 2.36. The average Bonchev–Trinajstić information content (AvgIpc) is 3.40. The van der Waals surface area contributed by atoms with Crippen LogP contribution in [0.25, 0.3) is 0 Å². The highest BCUT2D eigenvalue weighted by atomic mass is 35.5. The molecule has 2 unspecified atom stereocenters. The first-order chi connectivity index (χ1) is 15.0. The minimum Gasteiger partial charge on any atom is -0.322 e. The summed E-state index contributed by atoms with van der Waals surface area (Å²) < 4.78 is 41.3. The van der Waals surface area contributed by atoms with Gasteiger partial charge in [0.15, 0.2) is 0 Å². The van der Waals surface area contributed by atoms with Crippen LogP contribution in [0.2, 0.25) is 5.02 Å². The van der Waals surface area contributed by atoms with E-state index in [1.54, 1.807) is 11.9 Å². The second kappa shape index (κ2) is 8.40. The summed E-state index contributed by atoms with van der Waals surface area (Å²) in [6, 6.07) is 3.38. The maximum absolute atomic E-state index is 13.3. The molecule has 7 nitrogen and oxygen atoms in total. The molecule has 4 rings (SSSR count). The van der Waals surface area contributed by atoms with E-state index in [0.29, 0.717) is 31.9 Å². The van der Waals surface area contributed by atoms with Gasteiger partial charge in [-0.05, 0) is 35.6 Å². The van der Waals surface area contributed by atoms with E-state index in [9.17, 15) is 22.8 Å². The van der Waals surface area contributed by atoms with Gasteiger partial charge in [0.1, 0.15) is 0 Å². The van der Waals surface area contributed by atoms with Crippen molar-refractivity contribution in [3.05, 3.63) is 46.7 Å². The van der Waals surface area contributed by atoms with E-state index in [-0.39, 0.29) is 40.9 Å². The number of aromatic nitrogens is 2. The number of rotatable bonds is 3. The van der Waals surface area contributed by atoms with Crippen molar-refractivity contribution < 1.29 is 22.8 Å². The van der Waals surface area contributed by atoms with Crippen molar-refractivity contribution in [2.45, 2.75) is 19.6 Å². The van der Waals surface area contributed by atoms with Crippen molar-refractivity contribution in [1.82, 2.24) is 19.6 Å². The standard InChI is InChI=1S/C21H23ClF3N5O2/c1-13(31)27(2)18-6-26-30(12-18)20(32)29-10-15-8-28(9-16(15)11-29)7-14-5-17(22)3-4-19(14)21(23,24)25/h3-6,12,15-16H,7-11H2,1-2H3. The third kappa shape index (κ3) is 4.47. The fourth-order valence-corrected chi connectivity index (χ4v) is 4.70. The van der Waals surface area contributed by atoms with E-state index in [0.717, 1.165) is 6.07 Å². The first-order valence-electron chi connectivity index (χ1n) is 10.2. The maximum Gasteiger partial charge on any atom is 0.416 e. The van der Waals surface area contributed by atoms with Crippen LogP contribution in [0, 0.1) is 11.8 Å². The second-order valence-corrected chi connectivity index (χ2v) is 8.86. The molecule has 2 atom stereocenters. The van der Waals surface area contributed by atoms with Crippen molar-refractivity contribution in [3.8, 4) is 0 Å². The van der Waals surface area contributed by atoms with Gasteiger partial charge in [0.2, 0.25) is 5.91 Å². The zero-order chi connectivity index (χ0) is 23.2. The number of carbonyl (C=O) groups is 2. The monoisotopic (exact) mass is 469 g/mol. The van der Waals surface area contributed by atoms with Gasteiger partial charge < -0.3 is 9.80 Å². The Morgan fingerprint density at radius 3 is 2.44 bits per heavy atom. The molecular weight excluding hydrogens is 447 g/mol. The first kappa shape index (κ1) is 22.6. The molecule has 1 aromatic carbocycles. The highest BCUT2D eigenvalue weighted by molar-refractivity contribution is 6.30. The fraction of sp³-hybridized carbons (Fsp3) is 0.476. The molecule has 172 valence electrons. The first-order valence-corrected chi connectivity index (χ1v) is 10.6. The Morgan fingerprint density at radius 2 is 1.84 bits per heavy atom. The number of alkyl halides is 3. The Labute approximate surface area is 188 Å². The van der Waals surface area contributed by atoms with Crippen LogP contribution in [0.3, 0.4) is 0 Å².